The lowest BCUT2D eigenvalue weighted by atomic mass is 9.71. The van der Waals surface area contributed by atoms with Crippen LogP contribution in [0.3, 0.4) is 0 Å². The zero-order chi connectivity index (χ0) is 18.7. The first-order chi connectivity index (χ1) is 12.4. The quantitative estimate of drug-likeness (QED) is 0.763. The van der Waals surface area contributed by atoms with Crippen molar-refractivity contribution < 1.29 is 23.5 Å². The van der Waals surface area contributed by atoms with Crippen LogP contribution in [0.15, 0.2) is 42.5 Å². The van der Waals surface area contributed by atoms with Crippen LogP contribution in [0.1, 0.15) is 40.7 Å². The predicted molar refractivity (Wildman–Crippen MR) is 90.7 cm³/mol. The average Bonchev–Trinajstić information content (AvgIpc) is 2.57. The number of carboxylic acids is 1. The maximum Gasteiger partial charge on any atom is 0.335 e. The highest BCUT2D eigenvalue weighted by Gasteiger charge is 2.42. The van der Waals surface area contributed by atoms with E-state index in [1.54, 1.807) is 12.1 Å². The van der Waals surface area contributed by atoms with Crippen molar-refractivity contribution in [3.05, 3.63) is 70.8 Å². The second-order valence-electron chi connectivity index (χ2n) is 6.37. The molecular formula is C19H18F2N2O3. The molecule has 0 atom stereocenters. The Hall–Kier alpha value is -2.96. The topological polar surface area (TPSA) is 78.4 Å². The van der Waals surface area contributed by atoms with Crippen molar-refractivity contribution in [3.8, 4) is 0 Å². The van der Waals surface area contributed by atoms with Gasteiger partial charge >= 0.3 is 12.0 Å². The first kappa shape index (κ1) is 17.8. The van der Waals surface area contributed by atoms with Crippen molar-refractivity contribution in [2.45, 2.75) is 31.3 Å². The van der Waals surface area contributed by atoms with E-state index >= 15 is 0 Å². The van der Waals surface area contributed by atoms with Gasteiger partial charge in [-0.15, -0.1) is 0 Å². The Morgan fingerprint density at radius 1 is 1.08 bits per heavy atom. The molecule has 0 unspecified atom stereocenters. The van der Waals surface area contributed by atoms with Crippen molar-refractivity contribution in [1.29, 1.82) is 0 Å². The summed E-state index contributed by atoms with van der Waals surface area (Å²) in [6.45, 7) is 0.202. The summed E-state index contributed by atoms with van der Waals surface area (Å²) < 4.78 is 27.2. The lowest BCUT2D eigenvalue weighted by molar-refractivity contribution is 0.0696. The third kappa shape index (κ3) is 3.66. The third-order valence-electron chi connectivity index (χ3n) is 4.66. The van der Waals surface area contributed by atoms with Gasteiger partial charge in [0.15, 0.2) is 0 Å². The van der Waals surface area contributed by atoms with Crippen molar-refractivity contribution in [2.75, 3.05) is 0 Å². The van der Waals surface area contributed by atoms with Crippen molar-refractivity contribution in [3.63, 3.8) is 0 Å². The van der Waals surface area contributed by atoms with E-state index in [1.165, 1.54) is 24.3 Å². The minimum absolute atomic E-state index is 0.165. The molecule has 2 aromatic carbocycles. The number of halogens is 2. The molecule has 2 amide bonds. The summed E-state index contributed by atoms with van der Waals surface area (Å²) in [5.74, 6) is -2.35. The second-order valence-corrected chi connectivity index (χ2v) is 6.37. The molecule has 1 aliphatic carbocycles. The summed E-state index contributed by atoms with van der Waals surface area (Å²) in [5, 5.41) is 14.3. The number of carboxylic acid groups (broad SMARTS) is 1. The molecule has 0 spiro atoms. The molecule has 5 nitrogen and oxygen atoms in total. The largest absolute Gasteiger partial charge is 0.478 e. The Labute approximate surface area is 149 Å². The Bertz CT molecular complexity index is 833. The normalized spacial score (nSPS) is 15.0. The molecular weight excluding hydrogens is 342 g/mol. The van der Waals surface area contributed by atoms with Crippen molar-refractivity contribution in [2.24, 2.45) is 0 Å². The molecule has 7 heteroatoms. The molecule has 0 heterocycles. The molecule has 0 aliphatic heterocycles. The molecule has 3 rings (SSSR count). The summed E-state index contributed by atoms with van der Waals surface area (Å²) in [6.07, 6.45) is 2.00. The van der Waals surface area contributed by atoms with Gasteiger partial charge in [0.1, 0.15) is 11.6 Å². The summed E-state index contributed by atoms with van der Waals surface area (Å²) >= 11 is 0. The molecule has 1 aliphatic rings. The maximum atomic E-state index is 14.1. The minimum atomic E-state index is -1.02. The standard InChI is InChI=1S/C19H18F2N2O3/c20-14-6-7-15(16(21)10-14)19(8-1-9-19)23-18(26)22-11-12-2-4-13(5-3-12)17(24)25/h2-7,10H,1,8-9,11H2,(H,24,25)(H2,22,23,26). The Morgan fingerprint density at radius 2 is 1.77 bits per heavy atom. The predicted octanol–water partition coefficient (Wildman–Crippen LogP) is 3.54. The molecule has 1 fully saturated rings. The van der Waals surface area contributed by atoms with E-state index in [0.29, 0.717) is 12.8 Å². The fourth-order valence-electron chi connectivity index (χ4n) is 3.08. The summed E-state index contributed by atoms with van der Waals surface area (Å²) in [7, 11) is 0. The first-order valence-electron chi connectivity index (χ1n) is 8.23. The van der Waals surface area contributed by atoms with Crippen LogP contribution in [0.2, 0.25) is 0 Å². The lowest BCUT2D eigenvalue weighted by Gasteiger charge is -2.43. The van der Waals surface area contributed by atoms with E-state index in [0.717, 1.165) is 18.1 Å². The fraction of sp³-hybridized carbons (Fsp3) is 0.263. The monoisotopic (exact) mass is 360 g/mol. The Kier molecular flexibility index (Phi) is 4.88. The van der Waals surface area contributed by atoms with Crippen LogP contribution >= 0.6 is 0 Å². The van der Waals surface area contributed by atoms with E-state index in [1.807, 2.05) is 0 Å². The minimum Gasteiger partial charge on any atom is -0.478 e. The van der Waals surface area contributed by atoms with Crippen molar-refractivity contribution >= 4 is 12.0 Å². The zero-order valence-electron chi connectivity index (χ0n) is 13.9. The number of carbonyl (C=O) groups excluding carboxylic acids is 1. The second kappa shape index (κ2) is 7.11. The highest BCUT2D eigenvalue weighted by atomic mass is 19.1. The molecule has 136 valence electrons. The molecule has 1 saturated carbocycles. The van der Waals surface area contributed by atoms with Crippen molar-refractivity contribution in [1.82, 2.24) is 10.6 Å². The van der Waals surface area contributed by atoms with Gasteiger partial charge in [0, 0.05) is 18.2 Å². The van der Waals surface area contributed by atoms with Gasteiger partial charge in [-0.3, -0.25) is 0 Å². The van der Waals surface area contributed by atoms with Crippen LogP contribution in [0.4, 0.5) is 13.6 Å². The SMILES string of the molecule is O=C(NCc1ccc(C(=O)O)cc1)NC1(c2ccc(F)cc2F)CCC1. The van der Waals surface area contributed by atoms with E-state index < -0.39 is 29.2 Å². The number of hydrogen-bond donors (Lipinski definition) is 3. The van der Waals surface area contributed by atoms with Gasteiger partial charge in [0.05, 0.1) is 11.1 Å². The maximum absolute atomic E-state index is 14.1. The Balaban J connectivity index is 1.63. The number of amides is 2. The number of rotatable bonds is 5. The molecule has 0 radical (unpaired) electrons. The van der Waals surface area contributed by atoms with Crippen LogP contribution in [0.5, 0.6) is 0 Å². The molecule has 0 saturated heterocycles. The van der Waals surface area contributed by atoms with Gasteiger partial charge in [0.2, 0.25) is 0 Å². The number of benzene rings is 2. The van der Waals surface area contributed by atoms with Gasteiger partial charge in [0.25, 0.3) is 0 Å². The molecule has 2 aromatic rings. The van der Waals surface area contributed by atoms with Crippen LogP contribution in [0, 0.1) is 11.6 Å². The number of nitrogens with one attached hydrogen (secondary N) is 2. The van der Waals surface area contributed by atoms with E-state index in [-0.39, 0.29) is 17.7 Å². The third-order valence-corrected chi connectivity index (χ3v) is 4.66. The lowest BCUT2D eigenvalue weighted by Crippen LogP contribution is -2.54. The highest BCUT2D eigenvalue weighted by molar-refractivity contribution is 5.87. The zero-order valence-corrected chi connectivity index (χ0v) is 13.9. The average molecular weight is 360 g/mol. The van der Waals surface area contributed by atoms with E-state index in [4.69, 9.17) is 5.11 Å². The summed E-state index contributed by atoms with van der Waals surface area (Å²) in [5.41, 5.74) is 0.361. The van der Waals surface area contributed by atoms with Gasteiger partial charge in [-0.1, -0.05) is 18.2 Å². The number of urea groups is 1. The first-order valence-corrected chi connectivity index (χ1v) is 8.23. The van der Waals surface area contributed by atoms with Crippen LogP contribution in [0.25, 0.3) is 0 Å². The van der Waals surface area contributed by atoms with Crippen LogP contribution in [-0.2, 0) is 12.1 Å². The van der Waals surface area contributed by atoms with Gasteiger partial charge in [-0.05, 0) is 43.0 Å². The van der Waals surface area contributed by atoms with Crippen LogP contribution in [-0.4, -0.2) is 17.1 Å². The van der Waals surface area contributed by atoms with Gasteiger partial charge in [-0.2, -0.15) is 0 Å². The van der Waals surface area contributed by atoms with Crippen LogP contribution < -0.4 is 10.6 Å². The number of aromatic carboxylic acids is 1. The Morgan fingerprint density at radius 3 is 2.31 bits per heavy atom. The summed E-state index contributed by atoms with van der Waals surface area (Å²) in [4.78, 5) is 23.1. The molecule has 26 heavy (non-hydrogen) atoms. The van der Waals surface area contributed by atoms with Gasteiger partial charge in [-0.25, -0.2) is 18.4 Å². The molecule has 3 N–H and O–H groups in total. The number of carbonyl (C=O) groups is 2. The summed E-state index contributed by atoms with van der Waals surface area (Å²) in [6, 6.07) is 9.05. The smallest absolute Gasteiger partial charge is 0.335 e. The van der Waals surface area contributed by atoms with E-state index in [2.05, 4.69) is 10.6 Å². The van der Waals surface area contributed by atoms with Gasteiger partial charge < -0.3 is 15.7 Å². The molecule has 0 bridgehead atoms. The van der Waals surface area contributed by atoms with E-state index in [9.17, 15) is 18.4 Å². The fourth-order valence-corrected chi connectivity index (χ4v) is 3.08. The number of hydrogen-bond acceptors (Lipinski definition) is 2. The molecule has 0 aromatic heterocycles. The highest BCUT2D eigenvalue weighted by Crippen LogP contribution is 2.42.